The third-order valence-electron chi connectivity index (χ3n) is 3.33. The summed E-state index contributed by atoms with van der Waals surface area (Å²) in [6.45, 7) is 2.03. The van der Waals surface area contributed by atoms with Gasteiger partial charge in [-0.05, 0) is 34.9 Å². The van der Waals surface area contributed by atoms with Gasteiger partial charge in [-0.15, -0.1) is 11.3 Å². The molecule has 0 saturated heterocycles. The van der Waals surface area contributed by atoms with Crippen molar-refractivity contribution in [2.75, 3.05) is 0 Å². The SMILES string of the molecule is Cc1csc(C(Br)c2ccc(Cl)c3ccccc23)c1Cl. The third kappa shape index (κ3) is 2.39. The Morgan fingerprint density at radius 3 is 2.40 bits per heavy atom. The standard InChI is InChI=1S/C16H11BrCl2S/c1-9-8-20-16(15(9)19)14(17)12-6-7-13(18)11-5-3-2-4-10(11)12/h2-8,14H,1H3. The van der Waals surface area contributed by atoms with E-state index in [4.69, 9.17) is 23.2 Å². The maximum Gasteiger partial charge on any atom is 0.0759 e. The molecule has 4 heteroatoms. The van der Waals surface area contributed by atoms with Crippen LogP contribution in [-0.4, -0.2) is 0 Å². The molecule has 0 saturated carbocycles. The number of hydrogen-bond acceptors (Lipinski definition) is 1. The number of hydrogen-bond donors (Lipinski definition) is 0. The number of rotatable bonds is 2. The lowest BCUT2D eigenvalue weighted by molar-refractivity contribution is 1.24. The average molecular weight is 386 g/mol. The molecule has 20 heavy (non-hydrogen) atoms. The lowest BCUT2D eigenvalue weighted by atomic mass is 10.0. The van der Waals surface area contributed by atoms with E-state index in [1.165, 1.54) is 5.56 Å². The van der Waals surface area contributed by atoms with Crippen LogP contribution in [0.25, 0.3) is 10.8 Å². The summed E-state index contributed by atoms with van der Waals surface area (Å²) >= 11 is 18.1. The van der Waals surface area contributed by atoms with Gasteiger partial charge in [0.05, 0.1) is 9.85 Å². The van der Waals surface area contributed by atoms with Gasteiger partial charge in [0.2, 0.25) is 0 Å². The van der Waals surface area contributed by atoms with E-state index < -0.39 is 0 Å². The van der Waals surface area contributed by atoms with Gasteiger partial charge >= 0.3 is 0 Å². The molecule has 3 rings (SSSR count). The van der Waals surface area contributed by atoms with Gasteiger partial charge in [0, 0.05) is 15.3 Å². The Kier molecular flexibility index (Phi) is 4.09. The fraction of sp³-hybridized carbons (Fsp3) is 0.125. The van der Waals surface area contributed by atoms with E-state index >= 15 is 0 Å². The topological polar surface area (TPSA) is 0 Å². The smallest absolute Gasteiger partial charge is 0.0759 e. The molecule has 102 valence electrons. The molecule has 0 bridgehead atoms. The highest BCUT2D eigenvalue weighted by Crippen LogP contribution is 2.43. The molecule has 1 unspecified atom stereocenters. The molecular formula is C16H11BrCl2S. The van der Waals surface area contributed by atoms with E-state index in [-0.39, 0.29) is 4.83 Å². The Morgan fingerprint density at radius 2 is 1.75 bits per heavy atom. The Bertz CT molecular complexity index is 779. The van der Waals surface area contributed by atoms with Crippen LogP contribution in [-0.2, 0) is 0 Å². The van der Waals surface area contributed by atoms with Crippen molar-refractivity contribution in [3.63, 3.8) is 0 Å². The van der Waals surface area contributed by atoms with Crippen LogP contribution >= 0.6 is 50.5 Å². The second kappa shape index (κ2) is 5.69. The predicted molar refractivity (Wildman–Crippen MR) is 93.8 cm³/mol. The summed E-state index contributed by atoms with van der Waals surface area (Å²) in [7, 11) is 0. The van der Waals surface area contributed by atoms with Gasteiger partial charge < -0.3 is 0 Å². The highest BCUT2D eigenvalue weighted by molar-refractivity contribution is 9.09. The van der Waals surface area contributed by atoms with Crippen LogP contribution in [0.2, 0.25) is 10.0 Å². The summed E-state index contributed by atoms with van der Waals surface area (Å²) in [5, 5.41) is 5.93. The molecule has 0 fully saturated rings. The number of alkyl halides is 1. The van der Waals surface area contributed by atoms with Gasteiger partial charge in [-0.2, -0.15) is 0 Å². The number of halogens is 3. The molecule has 0 spiro atoms. The number of benzene rings is 2. The molecule has 0 aliphatic rings. The molecule has 0 N–H and O–H groups in total. The molecule has 1 aromatic heterocycles. The molecule has 0 amide bonds. The maximum absolute atomic E-state index is 6.39. The molecule has 1 atom stereocenters. The zero-order valence-corrected chi connectivity index (χ0v) is 14.6. The first-order chi connectivity index (χ1) is 9.59. The van der Waals surface area contributed by atoms with Gasteiger partial charge in [0.15, 0.2) is 0 Å². The van der Waals surface area contributed by atoms with Crippen LogP contribution in [0.3, 0.4) is 0 Å². The largest absolute Gasteiger partial charge is 0.145 e. The first kappa shape index (κ1) is 14.4. The Balaban J connectivity index is 2.20. The first-order valence-electron chi connectivity index (χ1n) is 6.14. The minimum atomic E-state index is 0.0795. The van der Waals surface area contributed by atoms with E-state index in [9.17, 15) is 0 Å². The van der Waals surface area contributed by atoms with E-state index in [1.54, 1.807) is 11.3 Å². The van der Waals surface area contributed by atoms with Gasteiger partial charge in [-0.25, -0.2) is 0 Å². The second-order valence-corrected chi connectivity index (χ2v) is 7.25. The predicted octanol–water partition coefficient (Wildman–Crippen LogP) is 7.00. The molecule has 2 aromatic carbocycles. The summed E-state index contributed by atoms with van der Waals surface area (Å²) in [5.41, 5.74) is 2.31. The van der Waals surface area contributed by atoms with Crippen LogP contribution in [0.15, 0.2) is 41.8 Å². The molecule has 3 aromatic rings. The Morgan fingerprint density at radius 1 is 1.05 bits per heavy atom. The number of thiophene rings is 1. The third-order valence-corrected chi connectivity index (χ3v) is 6.70. The minimum absolute atomic E-state index is 0.0795. The normalized spacial score (nSPS) is 12.8. The fourth-order valence-corrected chi connectivity index (χ4v) is 4.87. The molecule has 0 aliphatic heterocycles. The fourth-order valence-electron chi connectivity index (χ4n) is 2.27. The zero-order chi connectivity index (χ0) is 14.3. The number of aryl methyl sites for hydroxylation is 1. The van der Waals surface area contributed by atoms with E-state index in [0.29, 0.717) is 0 Å². The summed E-state index contributed by atoms with van der Waals surface area (Å²) in [4.78, 5) is 1.22. The Labute approximate surface area is 140 Å². The molecular weight excluding hydrogens is 375 g/mol. The summed E-state index contributed by atoms with van der Waals surface area (Å²) < 4.78 is 0. The summed E-state index contributed by atoms with van der Waals surface area (Å²) in [6, 6.07) is 12.2. The van der Waals surface area contributed by atoms with Crippen molar-refractivity contribution in [2.24, 2.45) is 0 Å². The summed E-state index contributed by atoms with van der Waals surface area (Å²) in [6.07, 6.45) is 0. The van der Waals surface area contributed by atoms with Crippen LogP contribution in [0, 0.1) is 6.92 Å². The molecule has 0 radical (unpaired) electrons. The van der Waals surface area contributed by atoms with Crippen molar-refractivity contribution >= 4 is 61.2 Å². The van der Waals surface area contributed by atoms with E-state index in [0.717, 1.165) is 31.3 Å². The highest BCUT2D eigenvalue weighted by atomic mass is 79.9. The van der Waals surface area contributed by atoms with Crippen molar-refractivity contribution in [1.82, 2.24) is 0 Å². The second-order valence-electron chi connectivity index (χ2n) is 4.64. The number of fused-ring (bicyclic) bond motifs is 1. The van der Waals surface area contributed by atoms with Crippen molar-refractivity contribution in [3.8, 4) is 0 Å². The van der Waals surface area contributed by atoms with Gasteiger partial charge in [0.1, 0.15) is 0 Å². The van der Waals surface area contributed by atoms with E-state index in [2.05, 4.69) is 33.4 Å². The van der Waals surface area contributed by atoms with Crippen molar-refractivity contribution in [3.05, 3.63) is 67.8 Å². The monoisotopic (exact) mass is 384 g/mol. The quantitative estimate of drug-likeness (QED) is 0.416. The maximum atomic E-state index is 6.39. The first-order valence-corrected chi connectivity index (χ1v) is 8.69. The van der Waals surface area contributed by atoms with Crippen LogP contribution in [0.4, 0.5) is 0 Å². The lowest BCUT2D eigenvalue weighted by Crippen LogP contribution is -1.93. The van der Waals surface area contributed by atoms with E-state index in [1.807, 2.05) is 31.2 Å². The van der Waals surface area contributed by atoms with Gasteiger partial charge in [-0.1, -0.05) is 69.5 Å². The minimum Gasteiger partial charge on any atom is -0.145 e. The Hall–Kier alpha value is -0.540. The van der Waals surface area contributed by atoms with Gasteiger partial charge in [-0.3, -0.25) is 0 Å². The van der Waals surface area contributed by atoms with Crippen LogP contribution in [0.1, 0.15) is 20.8 Å². The summed E-state index contributed by atoms with van der Waals surface area (Å²) in [5.74, 6) is 0. The highest BCUT2D eigenvalue weighted by Gasteiger charge is 2.19. The lowest BCUT2D eigenvalue weighted by Gasteiger charge is -2.13. The van der Waals surface area contributed by atoms with Crippen molar-refractivity contribution in [2.45, 2.75) is 11.8 Å². The zero-order valence-electron chi connectivity index (χ0n) is 10.7. The molecule has 0 aliphatic carbocycles. The molecule has 0 nitrogen and oxygen atoms in total. The van der Waals surface area contributed by atoms with Crippen molar-refractivity contribution in [1.29, 1.82) is 0 Å². The molecule has 1 heterocycles. The average Bonchev–Trinajstić information content (AvgIpc) is 2.79. The van der Waals surface area contributed by atoms with Crippen LogP contribution in [0.5, 0.6) is 0 Å². The van der Waals surface area contributed by atoms with Gasteiger partial charge in [0.25, 0.3) is 0 Å². The van der Waals surface area contributed by atoms with Crippen molar-refractivity contribution < 1.29 is 0 Å². The van der Waals surface area contributed by atoms with Crippen LogP contribution < -0.4 is 0 Å².